The van der Waals surface area contributed by atoms with E-state index in [1.807, 2.05) is 0 Å². The minimum absolute atomic E-state index is 0.0380. The Balaban J connectivity index is 1.55. The Morgan fingerprint density at radius 2 is 1.97 bits per heavy atom. The van der Waals surface area contributed by atoms with Crippen LogP contribution in [0.5, 0.6) is 0 Å². The highest BCUT2D eigenvalue weighted by Gasteiger charge is 2.26. The third-order valence-electron chi connectivity index (χ3n) is 5.91. The summed E-state index contributed by atoms with van der Waals surface area (Å²) in [4.78, 5) is 0. The van der Waals surface area contributed by atoms with Gasteiger partial charge in [0.25, 0.3) is 0 Å². The van der Waals surface area contributed by atoms with Crippen molar-refractivity contribution in [3.05, 3.63) is 83.2 Å². The number of alkyl halides is 2. The second-order valence-electron chi connectivity index (χ2n) is 8.12. The fourth-order valence-electron chi connectivity index (χ4n) is 4.16. The van der Waals surface area contributed by atoms with Gasteiger partial charge in [-0.15, -0.1) is 5.10 Å². The molecule has 0 saturated heterocycles. The first kappa shape index (κ1) is 25.4. The predicted octanol–water partition coefficient (Wildman–Crippen LogP) is 3.84. The number of pyridine rings is 1. The van der Waals surface area contributed by atoms with Crippen molar-refractivity contribution in [2.45, 2.75) is 19.0 Å². The highest BCUT2D eigenvalue weighted by molar-refractivity contribution is 6.31. The highest BCUT2D eigenvalue weighted by Crippen LogP contribution is 2.34. The van der Waals surface area contributed by atoms with E-state index in [1.54, 1.807) is 12.3 Å². The summed E-state index contributed by atoms with van der Waals surface area (Å²) in [5.41, 5.74) is 1.40. The van der Waals surface area contributed by atoms with Crippen molar-refractivity contribution < 1.29 is 22.6 Å². The number of halogens is 4. The molecule has 5 rings (SSSR count). The maximum Gasteiger partial charge on any atom is 0.333 e. The number of hydrogen-bond donors (Lipinski definition) is 0. The third kappa shape index (κ3) is 4.70. The Kier molecular flexibility index (Phi) is 7.07. The number of aromatic nitrogens is 9. The van der Waals surface area contributed by atoms with Gasteiger partial charge in [0.05, 0.1) is 33.7 Å². The van der Waals surface area contributed by atoms with Crippen LogP contribution in [0.1, 0.15) is 24.7 Å². The lowest BCUT2D eigenvalue weighted by Gasteiger charge is -2.18. The van der Waals surface area contributed by atoms with Gasteiger partial charge in [-0.3, -0.25) is 4.68 Å². The second kappa shape index (κ2) is 10.6. The number of ether oxygens (including phenoxy) is 1. The van der Waals surface area contributed by atoms with Crippen molar-refractivity contribution in [1.82, 2.24) is 39.8 Å². The normalized spacial score (nSPS) is 12.4. The van der Waals surface area contributed by atoms with Crippen molar-refractivity contribution in [2.75, 3.05) is 13.7 Å². The van der Waals surface area contributed by atoms with Gasteiger partial charge in [-0.05, 0) is 34.7 Å². The molecule has 11 nitrogen and oxygen atoms in total. The number of methoxy groups -OCH3 is 1. The predicted molar refractivity (Wildman–Crippen MR) is 128 cm³/mol. The summed E-state index contributed by atoms with van der Waals surface area (Å²) >= 11 is 6.03. The Hall–Kier alpha value is -4.30. The summed E-state index contributed by atoms with van der Waals surface area (Å²) in [6, 6.07) is 6.84. The van der Waals surface area contributed by atoms with E-state index in [9.17, 15) is 14.0 Å². The lowest BCUT2D eigenvalue weighted by molar-refractivity contribution is -0.615. The van der Waals surface area contributed by atoms with Crippen LogP contribution in [-0.2, 0) is 4.74 Å². The second-order valence-corrected chi connectivity index (χ2v) is 8.53. The van der Waals surface area contributed by atoms with Gasteiger partial charge in [0.15, 0.2) is 12.0 Å². The van der Waals surface area contributed by atoms with Crippen LogP contribution in [0.4, 0.5) is 13.2 Å². The maximum absolute atomic E-state index is 15.2. The fourth-order valence-corrected chi connectivity index (χ4v) is 4.32. The van der Waals surface area contributed by atoms with E-state index in [1.165, 1.54) is 65.7 Å². The molecule has 0 spiro atoms. The molecule has 0 aliphatic heterocycles. The van der Waals surface area contributed by atoms with Crippen LogP contribution >= 0.6 is 11.6 Å². The molecule has 196 valence electrons. The molecular formula is C23H19ClF3N9O2. The number of benzene rings is 1. The molecule has 1 aromatic carbocycles. The molecule has 0 fully saturated rings. The molecule has 38 heavy (non-hydrogen) atoms. The average Bonchev–Trinajstić information content (AvgIpc) is 3.68. The molecule has 4 heterocycles. The molecule has 0 amide bonds. The number of tetrazole rings is 1. The van der Waals surface area contributed by atoms with E-state index >= 15 is 4.39 Å². The van der Waals surface area contributed by atoms with Crippen molar-refractivity contribution in [3.8, 4) is 28.1 Å². The Bertz CT molecular complexity index is 1560. The van der Waals surface area contributed by atoms with E-state index in [2.05, 4.69) is 25.7 Å². The molecule has 1 atom stereocenters. The van der Waals surface area contributed by atoms with Gasteiger partial charge in [0.2, 0.25) is 5.69 Å². The molecule has 4 aromatic heterocycles. The summed E-state index contributed by atoms with van der Waals surface area (Å²) in [7, 11) is 1.52. The number of rotatable bonds is 9. The minimum atomic E-state index is -2.82. The van der Waals surface area contributed by atoms with Crippen molar-refractivity contribution in [1.29, 1.82) is 0 Å². The quantitative estimate of drug-likeness (QED) is 0.204. The molecule has 0 aliphatic rings. The molecule has 0 unspecified atom stereocenters. The summed E-state index contributed by atoms with van der Waals surface area (Å²) in [6.07, 6.45) is 7.09. The topological polar surface area (TPSA) is 115 Å². The lowest BCUT2D eigenvalue weighted by atomic mass is 10.0. The average molecular weight is 546 g/mol. The van der Waals surface area contributed by atoms with Gasteiger partial charge in [0, 0.05) is 44.2 Å². The third-order valence-corrected chi connectivity index (χ3v) is 6.20. The van der Waals surface area contributed by atoms with E-state index in [4.69, 9.17) is 16.3 Å². The van der Waals surface area contributed by atoms with Crippen LogP contribution in [-0.4, -0.2) is 53.5 Å². The number of nitrogens with zero attached hydrogens (tertiary/aromatic N) is 9. The molecular weight excluding hydrogens is 527 g/mol. The van der Waals surface area contributed by atoms with Crippen LogP contribution in [0, 0.1) is 11.0 Å². The van der Waals surface area contributed by atoms with Crippen LogP contribution in [0.2, 0.25) is 5.02 Å². The SMILES string of the molecule is COCC[C@H](c1ccc(-c2c(-n3cnnn3)ccc(Cl)c2F)c[n+]1[O-])n1cc(-c2ccnn2C(F)F)cn1. The van der Waals surface area contributed by atoms with E-state index in [-0.39, 0.29) is 39.8 Å². The first-order valence-corrected chi connectivity index (χ1v) is 11.6. The van der Waals surface area contributed by atoms with Gasteiger partial charge in [-0.25, -0.2) is 9.07 Å². The summed E-state index contributed by atoms with van der Waals surface area (Å²) in [6.45, 7) is -2.54. The van der Waals surface area contributed by atoms with E-state index < -0.39 is 18.4 Å². The van der Waals surface area contributed by atoms with Gasteiger partial charge in [-0.1, -0.05) is 11.6 Å². The molecule has 5 aromatic rings. The van der Waals surface area contributed by atoms with Gasteiger partial charge >= 0.3 is 6.55 Å². The van der Waals surface area contributed by atoms with Crippen LogP contribution in [0.3, 0.4) is 0 Å². The van der Waals surface area contributed by atoms with E-state index in [0.29, 0.717) is 21.4 Å². The molecule has 0 radical (unpaired) electrons. The molecule has 15 heteroatoms. The maximum atomic E-state index is 15.2. The molecule has 0 bridgehead atoms. The van der Waals surface area contributed by atoms with Crippen LogP contribution in [0.25, 0.3) is 28.1 Å². The minimum Gasteiger partial charge on any atom is -0.618 e. The van der Waals surface area contributed by atoms with Crippen molar-refractivity contribution in [3.63, 3.8) is 0 Å². The van der Waals surface area contributed by atoms with Crippen LogP contribution in [0.15, 0.2) is 61.4 Å². The standard InChI is InChI=1S/C23H19ClF3N9O2/c1-38-9-7-18(33-11-15(10-30-33)17-6-8-29-36(17)23(26)27)19-4-2-14(12-35(19)37)21-20(34-13-28-31-32-34)5-3-16(24)22(21)25/h2-6,8,10-13,18,23H,7,9H2,1H3/t18-/m1/s1. The smallest absolute Gasteiger partial charge is 0.333 e. The largest absolute Gasteiger partial charge is 0.618 e. The summed E-state index contributed by atoms with van der Waals surface area (Å²) in [5, 5.41) is 32.1. The first-order valence-electron chi connectivity index (χ1n) is 11.2. The molecule has 0 aliphatic carbocycles. The lowest BCUT2D eigenvalue weighted by Crippen LogP contribution is -2.36. The van der Waals surface area contributed by atoms with Crippen LogP contribution < -0.4 is 4.73 Å². The van der Waals surface area contributed by atoms with E-state index in [0.717, 1.165) is 0 Å². The monoisotopic (exact) mass is 545 g/mol. The zero-order valence-corrected chi connectivity index (χ0v) is 20.5. The fraction of sp³-hybridized carbons (Fsp3) is 0.217. The van der Waals surface area contributed by atoms with Gasteiger partial charge < -0.3 is 9.94 Å². The van der Waals surface area contributed by atoms with Gasteiger partial charge in [0.1, 0.15) is 12.4 Å². The summed E-state index contributed by atoms with van der Waals surface area (Å²) in [5.74, 6) is -0.740. The summed E-state index contributed by atoms with van der Waals surface area (Å²) < 4.78 is 50.9. The van der Waals surface area contributed by atoms with Gasteiger partial charge in [-0.2, -0.15) is 28.4 Å². The number of hydrogen-bond acceptors (Lipinski definition) is 7. The zero-order chi connectivity index (χ0) is 26.8. The highest BCUT2D eigenvalue weighted by atomic mass is 35.5. The van der Waals surface area contributed by atoms with Crippen molar-refractivity contribution >= 4 is 11.6 Å². The molecule has 0 saturated carbocycles. The Labute approximate surface area is 218 Å². The first-order chi connectivity index (χ1) is 18.4. The zero-order valence-electron chi connectivity index (χ0n) is 19.7. The molecule has 0 N–H and O–H groups in total. The Morgan fingerprint density at radius 1 is 1.13 bits per heavy atom. The Morgan fingerprint density at radius 3 is 2.68 bits per heavy atom. The van der Waals surface area contributed by atoms with Crippen molar-refractivity contribution in [2.24, 2.45) is 0 Å².